The second kappa shape index (κ2) is 12.2. The molecule has 2 aromatic heterocycles. The third kappa shape index (κ3) is 6.34. The largest absolute Gasteiger partial charge is 0.474 e. The number of hydrogen-bond donors (Lipinski definition) is 1. The van der Waals surface area contributed by atoms with E-state index in [1.165, 1.54) is 18.2 Å². The minimum absolute atomic E-state index is 0.00174. The summed E-state index contributed by atoms with van der Waals surface area (Å²) in [5, 5.41) is 16.4. The molecule has 2 fully saturated rings. The molecule has 224 valence electrons. The Kier molecular flexibility index (Phi) is 8.65. The summed E-state index contributed by atoms with van der Waals surface area (Å²) < 4.78 is 61.2. The van der Waals surface area contributed by atoms with Gasteiger partial charge >= 0.3 is 0 Å². The molecule has 4 heterocycles. The van der Waals surface area contributed by atoms with Crippen LogP contribution in [-0.4, -0.2) is 75.6 Å². The lowest BCUT2D eigenvalue weighted by atomic mass is 9.83. The van der Waals surface area contributed by atoms with Crippen molar-refractivity contribution in [2.45, 2.75) is 82.3 Å². The van der Waals surface area contributed by atoms with E-state index in [0.29, 0.717) is 38.8 Å². The van der Waals surface area contributed by atoms with Crippen molar-refractivity contribution in [2.24, 2.45) is 0 Å². The first-order valence-corrected chi connectivity index (χ1v) is 14.0. The monoisotopic (exact) mass is 585 g/mol. The van der Waals surface area contributed by atoms with E-state index < -0.39 is 29.3 Å². The van der Waals surface area contributed by atoms with E-state index in [2.05, 4.69) is 31.5 Å². The lowest BCUT2D eigenvalue weighted by Gasteiger charge is -2.29. The fourth-order valence-electron chi connectivity index (χ4n) is 5.69. The van der Waals surface area contributed by atoms with Crippen molar-refractivity contribution in [3.8, 4) is 29.5 Å². The number of likely N-dealkylation sites (N-methyl/N-ethyl adjacent to an activating group) is 1. The summed E-state index contributed by atoms with van der Waals surface area (Å²) in [4.78, 5) is 15.3. The van der Waals surface area contributed by atoms with Gasteiger partial charge in [-0.3, -0.25) is 4.90 Å². The van der Waals surface area contributed by atoms with Crippen molar-refractivity contribution >= 4 is 0 Å². The number of ether oxygens (including phenoxy) is 2. The molecule has 42 heavy (non-hydrogen) atoms. The Bertz CT molecular complexity index is 1430. The van der Waals surface area contributed by atoms with E-state index in [0.717, 1.165) is 0 Å². The molecule has 0 saturated carbocycles. The van der Waals surface area contributed by atoms with Crippen LogP contribution in [-0.2, 0) is 5.41 Å². The van der Waals surface area contributed by atoms with Gasteiger partial charge in [0.15, 0.2) is 0 Å². The van der Waals surface area contributed by atoms with E-state index in [9.17, 15) is 13.2 Å². The average molecular weight is 586 g/mol. The molecule has 0 unspecified atom stereocenters. The maximum atomic E-state index is 14.6. The number of nitrogens with zero attached hydrogens (tertiary/aromatic N) is 6. The standard InChI is InChI=1S/C29H34F3N7O3/c1-16(22-12-17(30)15-39(22)4)40-23-14-24(41-19-9-11-34-18(13-19)8-10-33)36-26(35-23)27-37-28(42-38-27)29(2,3)25-20(31)6-5-7-21(25)32/h5-7,14,16-19,22,34H,8-9,11-13,15H2,1-4H3/t16-,17-,18+,19-,22-/m0/s1. The van der Waals surface area contributed by atoms with Gasteiger partial charge in [-0.05, 0) is 59.3 Å². The van der Waals surface area contributed by atoms with E-state index >= 15 is 0 Å². The molecule has 0 radical (unpaired) electrons. The first-order valence-electron chi connectivity index (χ1n) is 14.0. The second-order valence-corrected chi connectivity index (χ2v) is 11.5. The van der Waals surface area contributed by atoms with Crippen molar-refractivity contribution in [3.63, 3.8) is 0 Å². The van der Waals surface area contributed by atoms with Gasteiger partial charge in [-0.25, -0.2) is 13.2 Å². The van der Waals surface area contributed by atoms with Crippen LogP contribution in [0, 0.1) is 23.0 Å². The molecule has 5 rings (SSSR count). The number of benzene rings is 1. The molecule has 1 N–H and O–H groups in total. The fourth-order valence-corrected chi connectivity index (χ4v) is 5.69. The molecule has 0 bridgehead atoms. The zero-order valence-corrected chi connectivity index (χ0v) is 24.0. The van der Waals surface area contributed by atoms with Gasteiger partial charge in [0.1, 0.15) is 30.0 Å². The maximum Gasteiger partial charge on any atom is 0.240 e. The van der Waals surface area contributed by atoms with Crippen LogP contribution in [0.5, 0.6) is 11.8 Å². The quantitative estimate of drug-likeness (QED) is 0.388. The van der Waals surface area contributed by atoms with Gasteiger partial charge in [0.25, 0.3) is 0 Å². The van der Waals surface area contributed by atoms with Crippen molar-refractivity contribution in [2.75, 3.05) is 20.1 Å². The van der Waals surface area contributed by atoms with E-state index in [-0.39, 0.29) is 53.1 Å². The normalized spacial score (nSPS) is 23.9. The molecular formula is C29H34F3N7O3. The first kappa shape index (κ1) is 29.7. The van der Waals surface area contributed by atoms with E-state index in [1.54, 1.807) is 19.9 Å². The SMILES string of the molecule is C[C@H](Oc1cc(O[C@H]2CCN[C@H](CC#N)C2)nc(-c2noc(C(C)(C)c3c(F)cccc3F)n2)n1)[C@@H]1C[C@H](F)CN1C. The highest BCUT2D eigenvalue weighted by molar-refractivity contribution is 5.46. The van der Waals surface area contributed by atoms with Crippen LogP contribution in [0.1, 0.15) is 57.9 Å². The Labute approximate surface area is 242 Å². The minimum Gasteiger partial charge on any atom is -0.474 e. The van der Waals surface area contributed by atoms with E-state index in [4.69, 9.17) is 19.3 Å². The van der Waals surface area contributed by atoms with Crippen molar-refractivity contribution in [1.82, 2.24) is 30.3 Å². The minimum atomic E-state index is -1.30. The van der Waals surface area contributed by atoms with Gasteiger partial charge in [-0.2, -0.15) is 20.2 Å². The smallest absolute Gasteiger partial charge is 0.240 e. The number of nitriles is 1. The second-order valence-electron chi connectivity index (χ2n) is 11.5. The number of hydrogen-bond acceptors (Lipinski definition) is 10. The molecule has 3 aromatic rings. The predicted octanol–water partition coefficient (Wildman–Crippen LogP) is 4.35. The molecule has 0 aliphatic carbocycles. The summed E-state index contributed by atoms with van der Waals surface area (Å²) in [5.74, 6) is -1.12. The molecule has 0 spiro atoms. The number of rotatable bonds is 9. The third-order valence-corrected chi connectivity index (χ3v) is 7.90. The van der Waals surface area contributed by atoms with E-state index in [1.807, 2.05) is 18.9 Å². The summed E-state index contributed by atoms with van der Waals surface area (Å²) in [7, 11) is 1.85. The Morgan fingerprint density at radius 1 is 1.17 bits per heavy atom. The summed E-state index contributed by atoms with van der Waals surface area (Å²) in [6.07, 6.45) is 0.447. The highest BCUT2D eigenvalue weighted by Gasteiger charge is 2.37. The van der Waals surface area contributed by atoms with Crippen molar-refractivity contribution in [1.29, 1.82) is 5.26 Å². The number of piperidine rings is 1. The zero-order valence-electron chi connectivity index (χ0n) is 24.0. The Hall–Kier alpha value is -3.76. The van der Waals surface area contributed by atoms with Crippen molar-refractivity contribution in [3.05, 3.63) is 47.4 Å². The molecule has 2 aliphatic rings. The first-order chi connectivity index (χ1) is 20.0. The highest BCUT2D eigenvalue weighted by Crippen LogP contribution is 2.35. The summed E-state index contributed by atoms with van der Waals surface area (Å²) in [6, 6.07) is 7.20. The molecule has 1 aromatic carbocycles. The summed E-state index contributed by atoms with van der Waals surface area (Å²) in [6.45, 7) is 6.01. The number of aromatic nitrogens is 4. The topological polar surface area (TPSA) is 122 Å². The number of nitrogens with one attached hydrogen (secondary N) is 1. The molecule has 2 saturated heterocycles. The fraction of sp³-hybridized carbons (Fsp3) is 0.552. The molecule has 2 aliphatic heterocycles. The van der Waals surface area contributed by atoms with Gasteiger partial charge in [0.2, 0.25) is 29.3 Å². The molecule has 10 nitrogen and oxygen atoms in total. The summed E-state index contributed by atoms with van der Waals surface area (Å²) in [5.41, 5.74) is -1.51. The van der Waals surface area contributed by atoms with Crippen LogP contribution >= 0.6 is 0 Å². The van der Waals surface area contributed by atoms with Gasteiger partial charge in [-0.1, -0.05) is 11.2 Å². The van der Waals surface area contributed by atoms with Crippen LogP contribution in [0.25, 0.3) is 11.6 Å². The number of halogens is 3. The van der Waals surface area contributed by atoms with Gasteiger partial charge in [0, 0.05) is 30.6 Å². The van der Waals surface area contributed by atoms with Gasteiger partial charge in [0.05, 0.1) is 24.0 Å². The lowest BCUT2D eigenvalue weighted by Crippen LogP contribution is -2.42. The Morgan fingerprint density at radius 3 is 2.60 bits per heavy atom. The van der Waals surface area contributed by atoms with Gasteiger partial charge < -0.3 is 19.3 Å². The van der Waals surface area contributed by atoms with Gasteiger partial charge in [-0.15, -0.1) is 0 Å². The maximum absolute atomic E-state index is 14.6. The van der Waals surface area contributed by atoms with Crippen molar-refractivity contribution < 1.29 is 27.2 Å². The average Bonchev–Trinajstić information content (AvgIpc) is 3.56. The molecule has 5 atom stereocenters. The predicted molar refractivity (Wildman–Crippen MR) is 146 cm³/mol. The number of alkyl halides is 1. The highest BCUT2D eigenvalue weighted by atomic mass is 19.1. The van der Waals surface area contributed by atoms with Crippen LogP contribution in [0.15, 0.2) is 28.8 Å². The van der Waals surface area contributed by atoms with Crippen LogP contribution < -0.4 is 14.8 Å². The third-order valence-electron chi connectivity index (χ3n) is 7.90. The number of likely N-dealkylation sites (tertiary alicyclic amines) is 1. The molecule has 13 heteroatoms. The lowest BCUT2D eigenvalue weighted by molar-refractivity contribution is 0.113. The molecule has 0 amide bonds. The van der Waals surface area contributed by atoms with Crippen LogP contribution in [0.2, 0.25) is 0 Å². The Balaban J connectivity index is 1.45. The van der Waals surface area contributed by atoms with Crippen LogP contribution in [0.4, 0.5) is 13.2 Å². The Morgan fingerprint density at radius 2 is 1.90 bits per heavy atom. The van der Waals surface area contributed by atoms with Crippen LogP contribution in [0.3, 0.4) is 0 Å². The zero-order chi connectivity index (χ0) is 30.0. The summed E-state index contributed by atoms with van der Waals surface area (Å²) >= 11 is 0. The molecular weight excluding hydrogens is 551 g/mol.